The number of carbonyl (C=O) groups is 1. The predicted molar refractivity (Wildman–Crippen MR) is 76.8 cm³/mol. The minimum Gasteiger partial charge on any atom is -0.395 e. The van der Waals surface area contributed by atoms with Gasteiger partial charge in [-0.15, -0.1) is 0 Å². The number of hydrogen-bond donors (Lipinski definition) is 3. The molecule has 21 heavy (non-hydrogen) atoms. The molecule has 1 aliphatic carbocycles. The maximum Gasteiger partial charge on any atom is 0.274 e. The highest BCUT2D eigenvalue weighted by Gasteiger charge is 2.30. The van der Waals surface area contributed by atoms with E-state index in [-0.39, 0.29) is 17.6 Å². The SMILES string of the molecule is Cc1noc(C)c1C(C)NC(=O)c1n[nH]c(C2CC2)c1N. The molecule has 4 N–H and O–H groups in total. The van der Waals surface area contributed by atoms with E-state index in [1.807, 2.05) is 20.8 Å². The molecule has 1 unspecified atom stereocenters. The van der Waals surface area contributed by atoms with Gasteiger partial charge in [0.2, 0.25) is 0 Å². The molecule has 3 rings (SSSR count). The third-order valence-corrected chi connectivity index (χ3v) is 3.90. The lowest BCUT2D eigenvalue weighted by Gasteiger charge is -2.13. The second-order valence-corrected chi connectivity index (χ2v) is 5.61. The second-order valence-electron chi connectivity index (χ2n) is 5.61. The van der Waals surface area contributed by atoms with Crippen molar-refractivity contribution in [3.05, 3.63) is 28.4 Å². The molecule has 1 atom stereocenters. The lowest BCUT2D eigenvalue weighted by molar-refractivity contribution is 0.0935. The number of nitrogen functional groups attached to an aromatic ring is 1. The van der Waals surface area contributed by atoms with Crippen LogP contribution in [0.4, 0.5) is 5.69 Å². The molecule has 0 saturated heterocycles. The van der Waals surface area contributed by atoms with Gasteiger partial charge in [-0.2, -0.15) is 5.10 Å². The fourth-order valence-electron chi connectivity index (χ4n) is 2.67. The summed E-state index contributed by atoms with van der Waals surface area (Å²) >= 11 is 0. The fourth-order valence-corrected chi connectivity index (χ4v) is 2.67. The molecule has 2 aromatic heterocycles. The number of H-pyrrole nitrogens is 1. The van der Waals surface area contributed by atoms with Crippen LogP contribution in [0.25, 0.3) is 0 Å². The Hall–Kier alpha value is -2.31. The van der Waals surface area contributed by atoms with Crippen LogP contribution in [0.15, 0.2) is 4.52 Å². The lowest BCUT2D eigenvalue weighted by Crippen LogP contribution is -2.28. The fraction of sp³-hybridized carbons (Fsp3) is 0.500. The summed E-state index contributed by atoms with van der Waals surface area (Å²) in [4.78, 5) is 12.3. The maximum absolute atomic E-state index is 12.3. The van der Waals surface area contributed by atoms with Crippen molar-refractivity contribution in [3.63, 3.8) is 0 Å². The van der Waals surface area contributed by atoms with Crippen LogP contribution in [-0.4, -0.2) is 21.3 Å². The zero-order valence-corrected chi connectivity index (χ0v) is 12.4. The number of aromatic amines is 1. The van der Waals surface area contributed by atoms with E-state index in [4.69, 9.17) is 10.3 Å². The molecule has 2 aromatic rings. The molecule has 7 heteroatoms. The Morgan fingerprint density at radius 3 is 2.76 bits per heavy atom. The monoisotopic (exact) mass is 289 g/mol. The molecule has 0 radical (unpaired) electrons. The Morgan fingerprint density at radius 2 is 2.19 bits per heavy atom. The van der Waals surface area contributed by atoms with E-state index in [0.717, 1.165) is 29.8 Å². The van der Waals surface area contributed by atoms with Crippen molar-refractivity contribution >= 4 is 11.6 Å². The third kappa shape index (κ3) is 2.39. The molecular weight excluding hydrogens is 270 g/mol. The van der Waals surface area contributed by atoms with E-state index in [0.29, 0.717) is 17.4 Å². The Kier molecular flexibility index (Phi) is 3.19. The van der Waals surface area contributed by atoms with Gasteiger partial charge in [-0.25, -0.2) is 0 Å². The molecule has 112 valence electrons. The first-order chi connectivity index (χ1) is 9.99. The molecule has 0 aromatic carbocycles. The van der Waals surface area contributed by atoms with Gasteiger partial charge in [-0.05, 0) is 33.6 Å². The number of aryl methyl sites for hydroxylation is 2. The first kappa shape index (κ1) is 13.7. The largest absolute Gasteiger partial charge is 0.395 e. The summed E-state index contributed by atoms with van der Waals surface area (Å²) in [5, 5.41) is 13.7. The van der Waals surface area contributed by atoms with E-state index in [2.05, 4.69) is 20.7 Å². The lowest BCUT2D eigenvalue weighted by atomic mass is 10.1. The van der Waals surface area contributed by atoms with Gasteiger partial charge < -0.3 is 15.6 Å². The molecule has 1 aliphatic rings. The van der Waals surface area contributed by atoms with Crippen LogP contribution in [0, 0.1) is 13.8 Å². The minimum absolute atomic E-state index is 0.218. The first-order valence-corrected chi connectivity index (χ1v) is 7.06. The van der Waals surface area contributed by atoms with Gasteiger partial charge in [0, 0.05) is 11.5 Å². The van der Waals surface area contributed by atoms with Crippen molar-refractivity contribution in [3.8, 4) is 0 Å². The van der Waals surface area contributed by atoms with Gasteiger partial charge in [-0.1, -0.05) is 5.16 Å². The van der Waals surface area contributed by atoms with E-state index >= 15 is 0 Å². The van der Waals surface area contributed by atoms with Crippen molar-refractivity contribution in [1.82, 2.24) is 20.7 Å². The minimum atomic E-state index is -0.289. The van der Waals surface area contributed by atoms with Crippen LogP contribution in [0.1, 0.15) is 64.9 Å². The molecule has 2 heterocycles. The Labute approximate surface area is 122 Å². The number of nitrogens with one attached hydrogen (secondary N) is 2. The summed E-state index contributed by atoms with van der Waals surface area (Å²) in [7, 11) is 0. The average Bonchev–Trinajstić information content (AvgIpc) is 3.11. The van der Waals surface area contributed by atoms with Crippen LogP contribution in [0.5, 0.6) is 0 Å². The van der Waals surface area contributed by atoms with Crippen molar-refractivity contribution in [2.24, 2.45) is 0 Å². The van der Waals surface area contributed by atoms with E-state index in [9.17, 15) is 4.79 Å². The summed E-state index contributed by atoms with van der Waals surface area (Å²) in [5.41, 5.74) is 9.27. The number of nitrogens with zero attached hydrogens (tertiary/aromatic N) is 2. The first-order valence-electron chi connectivity index (χ1n) is 7.06. The van der Waals surface area contributed by atoms with Gasteiger partial charge in [0.1, 0.15) is 5.76 Å². The van der Waals surface area contributed by atoms with Gasteiger partial charge in [-0.3, -0.25) is 9.89 Å². The highest BCUT2D eigenvalue weighted by atomic mass is 16.5. The summed E-state index contributed by atoms with van der Waals surface area (Å²) in [6.07, 6.45) is 2.20. The number of nitrogens with two attached hydrogens (primary N) is 1. The smallest absolute Gasteiger partial charge is 0.274 e. The van der Waals surface area contributed by atoms with Gasteiger partial charge >= 0.3 is 0 Å². The number of carbonyl (C=O) groups excluding carboxylic acids is 1. The summed E-state index contributed by atoms with van der Waals surface area (Å²) in [6, 6.07) is -0.218. The molecule has 0 spiro atoms. The van der Waals surface area contributed by atoms with Crippen LogP contribution in [0.3, 0.4) is 0 Å². The van der Waals surface area contributed by atoms with Crippen LogP contribution in [-0.2, 0) is 0 Å². The van der Waals surface area contributed by atoms with E-state index in [1.54, 1.807) is 0 Å². The van der Waals surface area contributed by atoms with Crippen LogP contribution >= 0.6 is 0 Å². The topological polar surface area (TPSA) is 110 Å². The maximum atomic E-state index is 12.3. The van der Waals surface area contributed by atoms with Gasteiger partial charge in [0.15, 0.2) is 5.69 Å². The quantitative estimate of drug-likeness (QED) is 0.797. The Balaban J connectivity index is 1.77. The second kappa shape index (κ2) is 4.91. The molecule has 1 saturated carbocycles. The molecule has 1 amide bonds. The molecule has 1 fully saturated rings. The predicted octanol–water partition coefficient (Wildman–Crippen LogP) is 1.97. The van der Waals surface area contributed by atoms with Gasteiger partial charge in [0.05, 0.1) is 23.1 Å². The number of anilines is 1. The summed E-state index contributed by atoms with van der Waals surface area (Å²) in [5.74, 6) is 0.844. The molecule has 0 bridgehead atoms. The van der Waals surface area contributed by atoms with E-state index in [1.165, 1.54) is 0 Å². The highest BCUT2D eigenvalue weighted by Crippen LogP contribution is 2.42. The van der Waals surface area contributed by atoms with Crippen molar-refractivity contribution in [2.45, 2.75) is 45.6 Å². The molecule has 0 aliphatic heterocycles. The molecule has 7 nitrogen and oxygen atoms in total. The number of rotatable bonds is 4. The van der Waals surface area contributed by atoms with Crippen LogP contribution < -0.4 is 11.1 Å². The number of hydrogen-bond acceptors (Lipinski definition) is 5. The van der Waals surface area contributed by atoms with Crippen LogP contribution in [0.2, 0.25) is 0 Å². The normalized spacial score (nSPS) is 16.0. The zero-order valence-electron chi connectivity index (χ0n) is 12.4. The summed E-state index contributed by atoms with van der Waals surface area (Å²) < 4.78 is 5.12. The number of aromatic nitrogens is 3. The zero-order chi connectivity index (χ0) is 15.1. The highest BCUT2D eigenvalue weighted by molar-refractivity contribution is 5.98. The van der Waals surface area contributed by atoms with Crippen molar-refractivity contribution in [2.75, 3.05) is 5.73 Å². The average molecular weight is 289 g/mol. The van der Waals surface area contributed by atoms with Crippen molar-refractivity contribution < 1.29 is 9.32 Å². The third-order valence-electron chi connectivity index (χ3n) is 3.90. The van der Waals surface area contributed by atoms with Crippen molar-refractivity contribution in [1.29, 1.82) is 0 Å². The Morgan fingerprint density at radius 1 is 1.48 bits per heavy atom. The molecular formula is C14H19N5O2. The Bertz CT molecular complexity index is 664. The number of amides is 1. The standard InChI is InChI=1S/C14H19N5O2/c1-6(10-7(2)19-21-8(10)3)16-14(20)13-11(15)12(17-18-13)9-4-5-9/h6,9H,4-5,15H2,1-3H3,(H,16,20)(H,17,18). The van der Waals surface area contributed by atoms with E-state index < -0.39 is 0 Å². The van der Waals surface area contributed by atoms with Gasteiger partial charge in [0.25, 0.3) is 5.91 Å². The summed E-state index contributed by atoms with van der Waals surface area (Å²) in [6.45, 7) is 5.56.